The van der Waals surface area contributed by atoms with Crippen molar-refractivity contribution in [1.29, 1.82) is 0 Å². The smallest absolute Gasteiger partial charge is 0.274 e. The van der Waals surface area contributed by atoms with Crippen molar-refractivity contribution in [3.63, 3.8) is 0 Å². The summed E-state index contributed by atoms with van der Waals surface area (Å²) >= 11 is 0. The molecule has 108 valence electrons. The molecule has 0 atom stereocenters. The Labute approximate surface area is 122 Å². The second-order valence-corrected chi connectivity index (χ2v) is 5.10. The van der Waals surface area contributed by atoms with Crippen molar-refractivity contribution in [3.8, 4) is 5.75 Å². The maximum atomic E-state index is 10.9. The first-order chi connectivity index (χ1) is 10.1. The summed E-state index contributed by atoms with van der Waals surface area (Å²) in [6.45, 7) is 3.14. The molecule has 1 aliphatic heterocycles. The number of nitrogens with one attached hydrogen (secondary N) is 1. The molecule has 5 heteroatoms. The maximum Gasteiger partial charge on any atom is 0.274 e. The fourth-order valence-electron chi connectivity index (χ4n) is 2.56. The van der Waals surface area contributed by atoms with Gasteiger partial charge in [-0.05, 0) is 30.2 Å². The minimum Gasteiger partial charge on any atom is -0.493 e. The molecule has 2 aromatic carbocycles. The van der Waals surface area contributed by atoms with Crippen LogP contribution in [0, 0.1) is 17.0 Å². The highest BCUT2D eigenvalue weighted by molar-refractivity contribution is 5.60. The number of benzene rings is 2. The normalized spacial score (nSPS) is 12.6. The van der Waals surface area contributed by atoms with E-state index in [9.17, 15) is 10.1 Å². The van der Waals surface area contributed by atoms with E-state index in [0.717, 1.165) is 30.0 Å². The molecule has 1 N–H and O–H groups in total. The summed E-state index contributed by atoms with van der Waals surface area (Å²) in [5.74, 6) is 0.963. The minimum atomic E-state index is -0.354. The molecular weight excluding hydrogens is 268 g/mol. The van der Waals surface area contributed by atoms with Crippen molar-refractivity contribution >= 4 is 11.4 Å². The van der Waals surface area contributed by atoms with Gasteiger partial charge in [-0.15, -0.1) is 0 Å². The van der Waals surface area contributed by atoms with Crippen LogP contribution in [0.15, 0.2) is 36.4 Å². The van der Waals surface area contributed by atoms with Crippen molar-refractivity contribution in [2.75, 3.05) is 11.9 Å². The van der Waals surface area contributed by atoms with E-state index in [1.807, 2.05) is 18.2 Å². The number of fused-ring (bicyclic) bond motifs is 1. The molecule has 2 aromatic rings. The number of hydrogen-bond donors (Lipinski definition) is 1. The summed E-state index contributed by atoms with van der Waals surface area (Å²) < 4.78 is 5.48. The van der Waals surface area contributed by atoms with E-state index >= 15 is 0 Å². The van der Waals surface area contributed by atoms with Crippen molar-refractivity contribution in [3.05, 3.63) is 63.2 Å². The lowest BCUT2D eigenvalue weighted by atomic mass is 10.1. The van der Waals surface area contributed by atoms with Gasteiger partial charge in [0.1, 0.15) is 5.75 Å². The Kier molecular flexibility index (Phi) is 3.48. The zero-order chi connectivity index (χ0) is 14.8. The molecule has 0 unspecified atom stereocenters. The molecular formula is C16H16N2O3. The van der Waals surface area contributed by atoms with Gasteiger partial charge in [-0.1, -0.05) is 18.2 Å². The number of rotatable bonds is 4. The van der Waals surface area contributed by atoms with Crippen LogP contribution >= 0.6 is 0 Å². The van der Waals surface area contributed by atoms with Crippen LogP contribution in [0.5, 0.6) is 5.75 Å². The highest BCUT2D eigenvalue weighted by Crippen LogP contribution is 2.28. The lowest BCUT2D eigenvalue weighted by Crippen LogP contribution is -2.03. The SMILES string of the molecule is Cc1c(NCc2ccc3c(c2)CCO3)cccc1[N+](=O)[O-]. The number of nitrogens with zero attached hydrogens (tertiary/aromatic N) is 1. The maximum absolute atomic E-state index is 10.9. The van der Waals surface area contributed by atoms with Gasteiger partial charge in [0.2, 0.25) is 0 Å². The number of anilines is 1. The van der Waals surface area contributed by atoms with Gasteiger partial charge in [0.05, 0.1) is 11.5 Å². The Hall–Kier alpha value is -2.56. The van der Waals surface area contributed by atoms with E-state index < -0.39 is 0 Å². The number of ether oxygens (including phenoxy) is 1. The molecule has 0 saturated carbocycles. The van der Waals surface area contributed by atoms with Gasteiger partial charge < -0.3 is 10.1 Å². The zero-order valence-electron chi connectivity index (χ0n) is 11.8. The highest BCUT2D eigenvalue weighted by Gasteiger charge is 2.14. The van der Waals surface area contributed by atoms with E-state index in [0.29, 0.717) is 12.1 Å². The number of nitro groups is 1. The lowest BCUT2D eigenvalue weighted by Gasteiger charge is -2.10. The van der Waals surface area contributed by atoms with Gasteiger partial charge in [-0.3, -0.25) is 10.1 Å². The molecule has 0 radical (unpaired) electrons. The monoisotopic (exact) mass is 284 g/mol. The fraction of sp³-hybridized carbons (Fsp3) is 0.250. The quantitative estimate of drug-likeness (QED) is 0.690. The van der Waals surface area contributed by atoms with Crippen LogP contribution in [0.2, 0.25) is 0 Å². The van der Waals surface area contributed by atoms with Crippen LogP contribution in [0.3, 0.4) is 0 Å². The molecule has 0 aromatic heterocycles. The average Bonchev–Trinajstić information content (AvgIpc) is 2.93. The lowest BCUT2D eigenvalue weighted by molar-refractivity contribution is -0.385. The predicted octanol–water partition coefficient (Wildman–Crippen LogP) is 3.45. The molecule has 0 amide bonds. The number of nitro benzene ring substituents is 1. The van der Waals surface area contributed by atoms with Gasteiger partial charge in [0.15, 0.2) is 0 Å². The largest absolute Gasteiger partial charge is 0.493 e. The van der Waals surface area contributed by atoms with Gasteiger partial charge in [0.25, 0.3) is 5.69 Å². The van der Waals surface area contributed by atoms with Crippen LogP contribution in [0.4, 0.5) is 11.4 Å². The second-order valence-electron chi connectivity index (χ2n) is 5.10. The minimum absolute atomic E-state index is 0.141. The molecule has 0 saturated heterocycles. The van der Waals surface area contributed by atoms with Crippen molar-refractivity contribution in [2.45, 2.75) is 19.9 Å². The first kappa shape index (κ1) is 13.4. The summed E-state index contributed by atoms with van der Waals surface area (Å²) in [5.41, 5.74) is 3.96. The summed E-state index contributed by atoms with van der Waals surface area (Å²) in [5, 5.41) is 14.2. The predicted molar refractivity (Wildman–Crippen MR) is 80.8 cm³/mol. The third-order valence-electron chi connectivity index (χ3n) is 3.74. The van der Waals surface area contributed by atoms with E-state index in [-0.39, 0.29) is 10.6 Å². The Morgan fingerprint density at radius 1 is 1.33 bits per heavy atom. The Morgan fingerprint density at radius 2 is 2.19 bits per heavy atom. The van der Waals surface area contributed by atoms with Crippen molar-refractivity contribution in [1.82, 2.24) is 0 Å². The molecule has 1 aliphatic rings. The van der Waals surface area contributed by atoms with E-state index in [1.165, 1.54) is 11.6 Å². The van der Waals surface area contributed by atoms with Gasteiger partial charge >= 0.3 is 0 Å². The first-order valence-electron chi connectivity index (χ1n) is 6.87. The molecule has 0 spiro atoms. The molecule has 3 rings (SSSR count). The molecule has 0 bridgehead atoms. The Bertz CT molecular complexity index is 698. The summed E-state index contributed by atoms with van der Waals surface area (Å²) in [4.78, 5) is 10.6. The topological polar surface area (TPSA) is 64.4 Å². The van der Waals surface area contributed by atoms with Crippen LogP contribution in [-0.4, -0.2) is 11.5 Å². The second kappa shape index (κ2) is 5.44. The van der Waals surface area contributed by atoms with Crippen molar-refractivity contribution in [2.24, 2.45) is 0 Å². The van der Waals surface area contributed by atoms with E-state index in [2.05, 4.69) is 11.4 Å². The van der Waals surface area contributed by atoms with Gasteiger partial charge in [-0.2, -0.15) is 0 Å². The van der Waals surface area contributed by atoms with Gasteiger partial charge in [-0.25, -0.2) is 0 Å². The van der Waals surface area contributed by atoms with E-state index in [1.54, 1.807) is 13.0 Å². The standard InChI is InChI=1S/C16H16N2O3/c1-11-14(3-2-4-15(11)18(19)20)17-10-12-5-6-16-13(9-12)7-8-21-16/h2-6,9,17H,7-8,10H2,1H3. The van der Waals surface area contributed by atoms with E-state index in [4.69, 9.17) is 4.74 Å². The van der Waals surface area contributed by atoms with Crippen LogP contribution in [0.1, 0.15) is 16.7 Å². The van der Waals surface area contributed by atoms with Gasteiger partial charge in [0, 0.05) is 30.3 Å². The third-order valence-corrected chi connectivity index (χ3v) is 3.74. The first-order valence-corrected chi connectivity index (χ1v) is 6.87. The Morgan fingerprint density at radius 3 is 3.00 bits per heavy atom. The van der Waals surface area contributed by atoms with Crippen LogP contribution in [0.25, 0.3) is 0 Å². The summed E-state index contributed by atoms with van der Waals surface area (Å²) in [6.07, 6.45) is 0.943. The molecule has 0 fully saturated rings. The summed E-state index contributed by atoms with van der Waals surface area (Å²) in [7, 11) is 0. The molecule has 21 heavy (non-hydrogen) atoms. The molecule has 5 nitrogen and oxygen atoms in total. The van der Waals surface area contributed by atoms with Crippen molar-refractivity contribution < 1.29 is 9.66 Å². The highest BCUT2D eigenvalue weighted by atomic mass is 16.6. The zero-order valence-corrected chi connectivity index (χ0v) is 11.8. The molecule has 0 aliphatic carbocycles. The Balaban J connectivity index is 1.76. The fourth-order valence-corrected chi connectivity index (χ4v) is 2.56. The third kappa shape index (κ3) is 2.67. The summed E-state index contributed by atoms with van der Waals surface area (Å²) in [6, 6.07) is 11.2. The molecule has 1 heterocycles. The average molecular weight is 284 g/mol. The van der Waals surface area contributed by atoms with Crippen LogP contribution in [-0.2, 0) is 13.0 Å². The number of hydrogen-bond acceptors (Lipinski definition) is 4. The van der Waals surface area contributed by atoms with Crippen LogP contribution < -0.4 is 10.1 Å².